The standard InChI is InChI=1S/C27H23N/c1-22-17-19-26(20-18-22)28(25-15-9-4-10-16-25)21-27(23-11-5-2-6-12-23)24-13-7-3-8-14-24/h2-21H,1H3. The van der Waals surface area contributed by atoms with Crippen molar-refractivity contribution >= 4 is 16.9 Å². The number of benzene rings is 4. The second-order valence-electron chi connectivity index (χ2n) is 6.82. The molecule has 0 saturated heterocycles. The molecule has 0 fully saturated rings. The summed E-state index contributed by atoms with van der Waals surface area (Å²) >= 11 is 0. The number of para-hydroxylation sites is 1. The lowest BCUT2D eigenvalue weighted by Crippen LogP contribution is -2.10. The summed E-state index contributed by atoms with van der Waals surface area (Å²) in [6.07, 6.45) is 2.24. The van der Waals surface area contributed by atoms with Gasteiger partial charge in [0, 0.05) is 23.1 Å². The Hall–Kier alpha value is -3.58. The molecule has 0 aliphatic carbocycles. The first-order valence-corrected chi connectivity index (χ1v) is 9.55. The largest absolute Gasteiger partial charge is 0.317 e. The van der Waals surface area contributed by atoms with Gasteiger partial charge in [0.25, 0.3) is 0 Å². The van der Waals surface area contributed by atoms with Crippen LogP contribution in [0.4, 0.5) is 11.4 Å². The molecule has 0 radical (unpaired) electrons. The third-order valence-electron chi connectivity index (χ3n) is 4.77. The van der Waals surface area contributed by atoms with Crippen LogP contribution < -0.4 is 4.90 Å². The zero-order valence-electron chi connectivity index (χ0n) is 16.0. The zero-order valence-corrected chi connectivity index (χ0v) is 16.0. The van der Waals surface area contributed by atoms with Crippen LogP contribution in [0.2, 0.25) is 0 Å². The monoisotopic (exact) mass is 361 g/mol. The van der Waals surface area contributed by atoms with Gasteiger partial charge in [0.05, 0.1) is 0 Å². The molecular weight excluding hydrogens is 338 g/mol. The summed E-state index contributed by atoms with van der Waals surface area (Å²) in [5, 5.41) is 0. The van der Waals surface area contributed by atoms with Crippen LogP contribution in [0.1, 0.15) is 16.7 Å². The van der Waals surface area contributed by atoms with Gasteiger partial charge in [-0.2, -0.15) is 0 Å². The number of aryl methyl sites for hydroxylation is 1. The molecule has 0 unspecified atom stereocenters. The van der Waals surface area contributed by atoms with Crippen LogP contribution in [-0.2, 0) is 0 Å². The molecule has 4 rings (SSSR count). The van der Waals surface area contributed by atoms with Crippen molar-refractivity contribution < 1.29 is 0 Å². The topological polar surface area (TPSA) is 3.24 Å². The van der Waals surface area contributed by atoms with Gasteiger partial charge in [-0.25, -0.2) is 0 Å². The van der Waals surface area contributed by atoms with Crippen LogP contribution in [0.3, 0.4) is 0 Å². The van der Waals surface area contributed by atoms with Gasteiger partial charge in [0.15, 0.2) is 0 Å². The maximum Gasteiger partial charge on any atom is 0.0455 e. The predicted molar refractivity (Wildman–Crippen MR) is 120 cm³/mol. The van der Waals surface area contributed by atoms with Crippen LogP contribution in [0.25, 0.3) is 5.57 Å². The van der Waals surface area contributed by atoms with E-state index in [0.717, 1.165) is 11.4 Å². The summed E-state index contributed by atoms with van der Waals surface area (Å²) in [6, 6.07) is 40.3. The number of anilines is 2. The highest BCUT2D eigenvalue weighted by atomic mass is 15.1. The van der Waals surface area contributed by atoms with Crippen LogP contribution in [0, 0.1) is 6.92 Å². The van der Waals surface area contributed by atoms with Crippen molar-refractivity contribution in [3.8, 4) is 0 Å². The molecule has 1 nitrogen and oxygen atoms in total. The van der Waals surface area contributed by atoms with Gasteiger partial charge in [-0.15, -0.1) is 0 Å². The van der Waals surface area contributed by atoms with E-state index < -0.39 is 0 Å². The summed E-state index contributed by atoms with van der Waals surface area (Å²) in [5.74, 6) is 0. The van der Waals surface area contributed by atoms with Gasteiger partial charge in [0.2, 0.25) is 0 Å². The van der Waals surface area contributed by atoms with E-state index in [9.17, 15) is 0 Å². The Labute approximate surface area is 167 Å². The molecule has 28 heavy (non-hydrogen) atoms. The summed E-state index contributed by atoms with van der Waals surface area (Å²) in [7, 11) is 0. The van der Waals surface area contributed by atoms with Crippen LogP contribution in [-0.4, -0.2) is 0 Å². The van der Waals surface area contributed by atoms with Gasteiger partial charge in [-0.1, -0.05) is 96.6 Å². The molecule has 136 valence electrons. The smallest absolute Gasteiger partial charge is 0.0455 e. The van der Waals surface area contributed by atoms with E-state index in [0.29, 0.717) is 0 Å². The number of rotatable bonds is 5. The number of hydrogen-bond acceptors (Lipinski definition) is 1. The minimum atomic E-state index is 1.13. The van der Waals surface area contributed by atoms with Gasteiger partial charge < -0.3 is 4.90 Å². The Morgan fingerprint density at radius 3 is 1.46 bits per heavy atom. The lowest BCUT2D eigenvalue weighted by molar-refractivity contribution is 1.27. The van der Waals surface area contributed by atoms with Crippen molar-refractivity contribution in [3.63, 3.8) is 0 Å². The zero-order chi connectivity index (χ0) is 19.2. The first-order chi connectivity index (χ1) is 13.8. The lowest BCUT2D eigenvalue weighted by Gasteiger charge is -2.23. The highest BCUT2D eigenvalue weighted by Gasteiger charge is 2.11. The molecule has 0 spiro atoms. The quantitative estimate of drug-likeness (QED) is 0.362. The number of hydrogen-bond donors (Lipinski definition) is 0. The maximum atomic E-state index is 2.26. The minimum Gasteiger partial charge on any atom is -0.317 e. The van der Waals surface area contributed by atoms with Crippen molar-refractivity contribution in [2.75, 3.05) is 4.90 Å². The summed E-state index contributed by atoms with van der Waals surface area (Å²) < 4.78 is 0. The highest BCUT2D eigenvalue weighted by molar-refractivity contribution is 5.83. The van der Waals surface area contributed by atoms with E-state index in [1.807, 2.05) is 0 Å². The molecule has 0 atom stereocenters. The Bertz CT molecular complexity index is 992. The van der Waals surface area contributed by atoms with E-state index >= 15 is 0 Å². The van der Waals surface area contributed by atoms with Gasteiger partial charge in [0.1, 0.15) is 0 Å². The third kappa shape index (κ3) is 4.05. The Kier molecular flexibility index (Phi) is 5.35. The number of nitrogens with zero attached hydrogens (tertiary/aromatic N) is 1. The van der Waals surface area contributed by atoms with Gasteiger partial charge in [-0.05, 0) is 42.3 Å². The molecule has 0 saturated carbocycles. The fourth-order valence-corrected chi connectivity index (χ4v) is 3.27. The predicted octanol–water partition coefficient (Wildman–Crippen LogP) is 7.22. The van der Waals surface area contributed by atoms with Crippen molar-refractivity contribution in [2.45, 2.75) is 6.92 Å². The van der Waals surface area contributed by atoms with Crippen LogP contribution in [0.15, 0.2) is 121 Å². The van der Waals surface area contributed by atoms with E-state index in [1.54, 1.807) is 0 Å². The minimum absolute atomic E-state index is 1.13. The second kappa shape index (κ2) is 8.41. The van der Waals surface area contributed by atoms with E-state index in [4.69, 9.17) is 0 Å². The lowest BCUT2D eigenvalue weighted by atomic mass is 9.98. The molecule has 0 amide bonds. The SMILES string of the molecule is Cc1ccc(N(C=C(c2ccccc2)c2ccccc2)c2ccccc2)cc1. The highest BCUT2D eigenvalue weighted by Crippen LogP contribution is 2.31. The average Bonchev–Trinajstić information content (AvgIpc) is 2.77. The third-order valence-corrected chi connectivity index (χ3v) is 4.77. The first-order valence-electron chi connectivity index (χ1n) is 9.55. The molecule has 0 aliphatic heterocycles. The Morgan fingerprint density at radius 2 is 0.964 bits per heavy atom. The first kappa shape index (κ1) is 17.8. The van der Waals surface area contributed by atoms with Crippen LogP contribution in [0.5, 0.6) is 0 Å². The van der Waals surface area contributed by atoms with Crippen molar-refractivity contribution in [1.29, 1.82) is 0 Å². The second-order valence-corrected chi connectivity index (χ2v) is 6.82. The van der Waals surface area contributed by atoms with Crippen molar-refractivity contribution in [3.05, 3.63) is 138 Å². The fraction of sp³-hybridized carbons (Fsp3) is 0.0370. The molecule has 4 aromatic carbocycles. The molecule has 0 aromatic heterocycles. The maximum absolute atomic E-state index is 2.26. The van der Waals surface area contributed by atoms with Gasteiger partial charge in [-0.3, -0.25) is 0 Å². The average molecular weight is 361 g/mol. The fourth-order valence-electron chi connectivity index (χ4n) is 3.27. The van der Waals surface area contributed by atoms with E-state index in [-0.39, 0.29) is 0 Å². The summed E-state index contributed by atoms with van der Waals surface area (Å²) in [5.41, 5.74) is 7.11. The molecule has 0 heterocycles. The molecule has 1 heteroatoms. The molecule has 0 aliphatic rings. The Balaban J connectivity index is 1.90. The summed E-state index contributed by atoms with van der Waals surface area (Å²) in [4.78, 5) is 2.26. The molecule has 0 bridgehead atoms. The van der Waals surface area contributed by atoms with Crippen molar-refractivity contribution in [2.24, 2.45) is 0 Å². The molecular formula is C27H23N. The van der Waals surface area contributed by atoms with Crippen molar-refractivity contribution in [1.82, 2.24) is 0 Å². The normalized spacial score (nSPS) is 10.3. The molecule has 0 N–H and O–H groups in total. The van der Waals surface area contributed by atoms with E-state index in [1.165, 1.54) is 22.3 Å². The van der Waals surface area contributed by atoms with Gasteiger partial charge >= 0.3 is 0 Å². The van der Waals surface area contributed by atoms with Crippen LogP contribution >= 0.6 is 0 Å². The van der Waals surface area contributed by atoms with E-state index in [2.05, 4.69) is 133 Å². The molecule has 4 aromatic rings. The Morgan fingerprint density at radius 1 is 0.536 bits per heavy atom. The summed E-state index contributed by atoms with van der Waals surface area (Å²) in [6.45, 7) is 2.12.